The van der Waals surface area contributed by atoms with E-state index in [4.69, 9.17) is 11.6 Å². The second-order valence-electron chi connectivity index (χ2n) is 6.26. The molecular formula is C19H20ClF4NO3S. The van der Waals surface area contributed by atoms with Gasteiger partial charge in [0.05, 0.1) is 10.7 Å². The van der Waals surface area contributed by atoms with E-state index in [1.54, 1.807) is 0 Å². The molecule has 4 nitrogen and oxygen atoms in total. The Labute approximate surface area is 175 Å². The van der Waals surface area contributed by atoms with Crippen molar-refractivity contribution in [1.29, 1.82) is 0 Å². The zero-order chi connectivity index (χ0) is 22.4. The van der Waals surface area contributed by atoms with Gasteiger partial charge in [-0.15, -0.1) is 11.8 Å². The first kappa shape index (κ1) is 25.2. The van der Waals surface area contributed by atoms with E-state index in [9.17, 15) is 31.9 Å². The minimum atomic E-state index is -4.75. The fourth-order valence-corrected chi connectivity index (χ4v) is 3.51. The molecule has 0 unspecified atom stereocenters. The van der Waals surface area contributed by atoms with Gasteiger partial charge in [-0.25, -0.2) is 9.29 Å². The number of rotatable bonds is 8. The number of unbranched alkanes of at least 4 members (excludes halogenated alkanes) is 1. The van der Waals surface area contributed by atoms with Crippen LogP contribution in [0.2, 0.25) is 5.02 Å². The number of allylic oxidation sites excluding steroid dienone is 1. The third kappa shape index (κ3) is 7.81. The Morgan fingerprint density at radius 1 is 1.14 bits per heavy atom. The molecular weight excluding hydrogens is 434 g/mol. The Hall–Kier alpha value is -1.87. The van der Waals surface area contributed by atoms with Gasteiger partial charge in [-0.3, -0.25) is 9.59 Å². The lowest BCUT2D eigenvalue weighted by Gasteiger charge is -2.20. The smallest absolute Gasteiger partial charge is 0.300 e. The van der Waals surface area contributed by atoms with Crippen molar-refractivity contribution in [2.75, 3.05) is 10.7 Å². The van der Waals surface area contributed by atoms with Crippen LogP contribution >= 0.6 is 23.4 Å². The quantitative estimate of drug-likeness (QED) is 0.219. The maximum Gasteiger partial charge on any atom is 0.412 e. The van der Waals surface area contributed by atoms with E-state index in [-0.39, 0.29) is 16.9 Å². The van der Waals surface area contributed by atoms with Crippen LogP contribution in [0.3, 0.4) is 0 Å². The lowest BCUT2D eigenvalue weighted by molar-refractivity contribution is -0.124. The summed E-state index contributed by atoms with van der Waals surface area (Å²) in [5, 5.41) is 0.0424. The SMILES string of the molecule is CC(=O)CCCCSc1cc(N(C(C)=O)C(=O)/C=C(\C)C(F)(F)F)c(F)cc1Cl. The van der Waals surface area contributed by atoms with Crippen molar-refractivity contribution >= 4 is 46.6 Å². The van der Waals surface area contributed by atoms with Crippen LogP contribution in [0, 0.1) is 5.82 Å². The first-order valence-corrected chi connectivity index (χ1v) is 9.92. The van der Waals surface area contributed by atoms with E-state index in [2.05, 4.69) is 0 Å². The van der Waals surface area contributed by atoms with Crippen molar-refractivity contribution in [3.05, 3.63) is 34.6 Å². The first-order valence-electron chi connectivity index (χ1n) is 8.56. The van der Waals surface area contributed by atoms with Gasteiger partial charge in [0.25, 0.3) is 5.91 Å². The monoisotopic (exact) mass is 453 g/mol. The summed E-state index contributed by atoms with van der Waals surface area (Å²) in [6.07, 6.45) is -2.74. The van der Waals surface area contributed by atoms with Crippen LogP contribution in [0.4, 0.5) is 23.2 Å². The van der Waals surface area contributed by atoms with Gasteiger partial charge < -0.3 is 4.79 Å². The molecule has 0 atom stereocenters. The number of hydrogen-bond acceptors (Lipinski definition) is 4. The molecule has 0 aliphatic carbocycles. The summed E-state index contributed by atoms with van der Waals surface area (Å²) in [5.41, 5.74) is -1.70. The lowest BCUT2D eigenvalue weighted by Crippen LogP contribution is -2.35. The molecule has 0 aromatic heterocycles. The van der Waals surface area contributed by atoms with Gasteiger partial charge in [0.1, 0.15) is 11.6 Å². The Kier molecular flexibility index (Phi) is 9.35. The van der Waals surface area contributed by atoms with Gasteiger partial charge in [0.15, 0.2) is 0 Å². The van der Waals surface area contributed by atoms with Gasteiger partial charge >= 0.3 is 6.18 Å². The summed E-state index contributed by atoms with van der Waals surface area (Å²) in [4.78, 5) is 35.8. The predicted octanol–water partition coefficient (Wildman–Crippen LogP) is 5.72. The number of thioether (sulfide) groups is 1. The normalized spacial score (nSPS) is 12.1. The maximum absolute atomic E-state index is 14.4. The maximum atomic E-state index is 14.4. The second-order valence-corrected chi connectivity index (χ2v) is 7.80. The van der Waals surface area contributed by atoms with E-state index in [0.29, 0.717) is 41.7 Å². The number of amides is 2. The minimum absolute atomic E-state index is 0.0424. The third-order valence-corrected chi connectivity index (χ3v) is 5.31. The predicted molar refractivity (Wildman–Crippen MR) is 105 cm³/mol. The Morgan fingerprint density at radius 2 is 1.76 bits per heavy atom. The van der Waals surface area contributed by atoms with E-state index in [1.165, 1.54) is 18.7 Å². The van der Waals surface area contributed by atoms with Crippen molar-refractivity contribution in [1.82, 2.24) is 0 Å². The number of benzene rings is 1. The van der Waals surface area contributed by atoms with Gasteiger partial charge in [0, 0.05) is 29.9 Å². The van der Waals surface area contributed by atoms with Crippen LogP contribution in [0.1, 0.15) is 40.0 Å². The fraction of sp³-hybridized carbons (Fsp3) is 0.421. The summed E-state index contributed by atoms with van der Waals surface area (Å²) < 4.78 is 52.4. The summed E-state index contributed by atoms with van der Waals surface area (Å²) >= 11 is 7.23. The van der Waals surface area contributed by atoms with Crippen molar-refractivity contribution < 1.29 is 31.9 Å². The molecule has 1 rings (SSSR count). The highest BCUT2D eigenvalue weighted by Crippen LogP contribution is 2.35. The van der Waals surface area contributed by atoms with Crippen LogP contribution in [-0.4, -0.2) is 29.5 Å². The van der Waals surface area contributed by atoms with Gasteiger partial charge in [-0.2, -0.15) is 13.2 Å². The van der Waals surface area contributed by atoms with Gasteiger partial charge in [0.2, 0.25) is 5.91 Å². The zero-order valence-corrected chi connectivity index (χ0v) is 17.6. The molecule has 0 saturated carbocycles. The number of ketones is 1. The Morgan fingerprint density at radius 3 is 2.28 bits per heavy atom. The summed E-state index contributed by atoms with van der Waals surface area (Å²) in [5.74, 6) is -2.67. The second kappa shape index (κ2) is 10.8. The topological polar surface area (TPSA) is 54.5 Å². The molecule has 0 fully saturated rings. The average molecular weight is 454 g/mol. The highest BCUT2D eigenvalue weighted by atomic mass is 35.5. The van der Waals surface area contributed by atoms with Crippen LogP contribution in [0.15, 0.2) is 28.7 Å². The van der Waals surface area contributed by atoms with Gasteiger partial charge in [-0.05, 0) is 44.6 Å². The number of imide groups is 1. The third-order valence-electron chi connectivity index (χ3n) is 3.75. The van der Waals surface area contributed by atoms with E-state index in [0.717, 1.165) is 19.1 Å². The Balaban J connectivity index is 3.13. The highest BCUT2D eigenvalue weighted by molar-refractivity contribution is 7.99. The number of nitrogens with zero attached hydrogens (tertiary/aromatic N) is 1. The summed E-state index contributed by atoms with van der Waals surface area (Å²) in [6, 6.07) is 2.06. The molecule has 1 aromatic carbocycles. The standard InChI is InChI=1S/C19H20ClF4NO3S/c1-11(19(22,23)24)8-18(28)25(13(3)27)16-10-17(14(20)9-15(16)21)29-7-5-4-6-12(2)26/h8-10H,4-7H2,1-3H3/b11-8+. The van der Waals surface area contributed by atoms with E-state index in [1.807, 2.05) is 0 Å². The minimum Gasteiger partial charge on any atom is -0.300 e. The van der Waals surface area contributed by atoms with Crippen molar-refractivity contribution in [2.45, 2.75) is 51.1 Å². The molecule has 0 radical (unpaired) electrons. The molecule has 29 heavy (non-hydrogen) atoms. The van der Waals surface area contributed by atoms with Crippen LogP contribution in [0.5, 0.6) is 0 Å². The number of carbonyl (C=O) groups excluding carboxylic acids is 3. The van der Waals surface area contributed by atoms with Crippen LogP contribution < -0.4 is 4.90 Å². The molecule has 0 heterocycles. The lowest BCUT2D eigenvalue weighted by atomic mass is 10.2. The highest BCUT2D eigenvalue weighted by Gasteiger charge is 2.32. The number of alkyl halides is 3. The number of anilines is 1. The molecule has 0 spiro atoms. The fourth-order valence-electron chi connectivity index (χ4n) is 2.23. The van der Waals surface area contributed by atoms with Crippen molar-refractivity contribution in [3.8, 4) is 0 Å². The number of halogens is 5. The van der Waals surface area contributed by atoms with E-state index >= 15 is 0 Å². The molecule has 0 aliphatic heterocycles. The van der Waals surface area contributed by atoms with Crippen LogP contribution in [-0.2, 0) is 14.4 Å². The van der Waals surface area contributed by atoms with Crippen LogP contribution in [0.25, 0.3) is 0 Å². The number of hydrogen-bond donors (Lipinski definition) is 0. The average Bonchev–Trinajstić information content (AvgIpc) is 2.56. The zero-order valence-electron chi connectivity index (χ0n) is 16.0. The van der Waals surface area contributed by atoms with Gasteiger partial charge in [-0.1, -0.05) is 11.6 Å². The number of Topliss-reactive ketones (excluding diaryl/α,β-unsaturated/α-hetero) is 1. The van der Waals surface area contributed by atoms with Crippen molar-refractivity contribution in [2.24, 2.45) is 0 Å². The number of carbonyl (C=O) groups is 3. The molecule has 1 aromatic rings. The molecule has 0 saturated heterocycles. The molecule has 10 heteroatoms. The largest absolute Gasteiger partial charge is 0.412 e. The Bertz CT molecular complexity index is 824. The molecule has 0 N–H and O–H groups in total. The molecule has 0 aliphatic rings. The van der Waals surface area contributed by atoms with E-state index < -0.39 is 35.1 Å². The summed E-state index contributed by atoms with van der Waals surface area (Å²) in [6.45, 7) is 3.10. The first-order chi connectivity index (χ1) is 13.3. The van der Waals surface area contributed by atoms with Crippen molar-refractivity contribution in [3.63, 3.8) is 0 Å². The molecule has 160 valence electrons. The molecule has 2 amide bonds. The summed E-state index contributed by atoms with van der Waals surface area (Å²) in [7, 11) is 0. The molecule has 0 bridgehead atoms.